The van der Waals surface area contributed by atoms with Crippen LogP contribution in [0.25, 0.3) is 0 Å². The van der Waals surface area contributed by atoms with E-state index >= 15 is 0 Å². The molecule has 0 aromatic carbocycles. The molecule has 5 heteroatoms. The van der Waals surface area contributed by atoms with E-state index in [1.807, 2.05) is 0 Å². The summed E-state index contributed by atoms with van der Waals surface area (Å²) in [4.78, 5) is 23.7. The quantitative estimate of drug-likeness (QED) is 0.777. The molecule has 1 unspecified atom stereocenters. The summed E-state index contributed by atoms with van der Waals surface area (Å²) in [6.45, 7) is 0.704. The third-order valence-corrected chi connectivity index (χ3v) is 6.32. The molecule has 5 aliphatic rings. The summed E-state index contributed by atoms with van der Waals surface area (Å²) in [7, 11) is 1.34. The Morgan fingerprint density at radius 3 is 2.38 bits per heavy atom. The van der Waals surface area contributed by atoms with Crippen LogP contribution in [-0.2, 0) is 19.1 Å². The molecule has 4 aliphatic carbocycles. The molecule has 5 rings (SSSR count). The molecule has 116 valence electrons. The number of morpholine rings is 1. The number of rotatable bonds is 2. The summed E-state index contributed by atoms with van der Waals surface area (Å²) in [5, 5.41) is 3.28. The normalized spacial score (nSPS) is 47.5. The lowest BCUT2D eigenvalue weighted by molar-refractivity contribution is -0.220. The number of methoxy groups -OCH3 is 1. The van der Waals surface area contributed by atoms with Crippen LogP contribution >= 0.6 is 0 Å². The summed E-state index contributed by atoms with van der Waals surface area (Å²) in [5.41, 5.74) is -0.295. The van der Waals surface area contributed by atoms with Gasteiger partial charge in [-0.3, -0.25) is 14.9 Å². The molecule has 0 amide bonds. The Morgan fingerprint density at radius 2 is 1.86 bits per heavy atom. The predicted octanol–water partition coefficient (Wildman–Crippen LogP) is 1.26. The van der Waals surface area contributed by atoms with E-state index in [1.54, 1.807) is 0 Å². The van der Waals surface area contributed by atoms with E-state index in [0.717, 1.165) is 11.8 Å². The van der Waals surface area contributed by atoms with Gasteiger partial charge in [0.25, 0.3) is 0 Å². The van der Waals surface area contributed by atoms with Crippen LogP contribution in [0.5, 0.6) is 0 Å². The van der Waals surface area contributed by atoms with E-state index in [-0.39, 0.29) is 24.0 Å². The van der Waals surface area contributed by atoms with Crippen LogP contribution in [0, 0.1) is 23.7 Å². The molecule has 1 aliphatic heterocycles. The first-order valence-corrected chi connectivity index (χ1v) is 8.13. The van der Waals surface area contributed by atoms with Crippen molar-refractivity contribution >= 4 is 11.9 Å². The van der Waals surface area contributed by atoms with Gasteiger partial charge in [0.2, 0.25) is 0 Å². The number of carbonyl (C=O) groups is 2. The minimum Gasteiger partial charge on any atom is -0.469 e. The summed E-state index contributed by atoms with van der Waals surface area (Å²) < 4.78 is 10.6. The predicted molar refractivity (Wildman–Crippen MR) is 74.3 cm³/mol. The van der Waals surface area contributed by atoms with Crippen molar-refractivity contribution in [1.82, 2.24) is 5.32 Å². The average molecular weight is 293 g/mol. The SMILES string of the molecule is COC(=O)CC1NCC2(OC1=O)C1CC3CC(C1)CC2C3. The summed E-state index contributed by atoms with van der Waals surface area (Å²) in [6, 6.07) is -0.541. The van der Waals surface area contributed by atoms with Crippen molar-refractivity contribution in [2.24, 2.45) is 23.7 Å². The zero-order valence-corrected chi connectivity index (χ0v) is 12.5. The second-order valence-electron chi connectivity index (χ2n) is 7.39. The number of hydrogen-bond acceptors (Lipinski definition) is 5. The molecule has 1 saturated heterocycles. The van der Waals surface area contributed by atoms with Crippen molar-refractivity contribution in [3.8, 4) is 0 Å². The Balaban J connectivity index is 1.51. The summed E-state index contributed by atoms with van der Waals surface area (Å²) in [5.74, 6) is 2.10. The molecule has 1 spiro atoms. The fourth-order valence-electron chi connectivity index (χ4n) is 5.50. The lowest BCUT2D eigenvalue weighted by Gasteiger charge is -2.61. The van der Waals surface area contributed by atoms with Gasteiger partial charge in [0.1, 0.15) is 11.6 Å². The fourth-order valence-corrected chi connectivity index (χ4v) is 5.50. The van der Waals surface area contributed by atoms with E-state index in [1.165, 1.54) is 39.2 Å². The molecule has 1 heterocycles. The van der Waals surface area contributed by atoms with Crippen molar-refractivity contribution in [2.75, 3.05) is 13.7 Å². The van der Waals surface area contributed by atoms with Crippen LogP contribution in [0.15, 0.2) is 0 Å². The number of esters is 2. The number of nitrogens with one attached hydrogen (secondary N) is 1. The zero-order chi connectivity index (χ0) is 14.6. The Bertz CT molecular complexity index is 447. The van der Waals surface area contributed by atoms with Gasteiger partial charge in [0.15, 0.2) is 0 Å². The van der Waals surface area contributed by atoms with E-state index in [4.69, 9.17) is 4.74 Å². The molecular formula is C16H23NO4. The molecule has 1 atom stereocenters. The molecule has 21 heavy (non-hydrogen) atoms. The molecule has 4 saturated carbocycles. The Kier molecular flexibility index (Phi) is 3.03. The highest BCUT2D eigenvalue weighted by molar-refractivity contribution is 5.83. The molecule has 5 nitrogen and oxygen atoms in total. The molecular weight excluding hydrogens is 270 g/mol. The van der Waals surface area contributed by atoms with Crippen LogP contribution in [0.3, 0.4) is 0 Å². The van der Waals surface area contributed by atoms with Gasteiger partial charge in [-0.05, 0) is 43.9 Å². The lowest BCUT2D eigenvalue weighted by Crippen LogP contribution is -2.68. The number of carbonyl (C=O) groups excluding carboxylic acids is 2. The highest BCUT2D eigenvalue weighted by Crippen LogP contribution is 2.59. The summed E-state index contributed by atoms with van der Waals surface area (Å²) >= 11 is 0. The van der Waals surface area contributed by atoms with Gasteiger partial charge in [-0.2, -0.15) is 0 Å². The highest BCUT2D eigenvalue weighted by Gasteiger charge is 2.61. The van der Waals surface area contributed by atoms with Crippen molar-refractivity contribution in [3.05, 3.63) is 0 Å². The topological polar surface area (TPSA) is 64.6 Å². The van der Waals surface area contributed by atoms with E-state index in [2.05, 4.69) is 10.1 Å². The smallest absolute Gasteiger partial charge is 0.324 e. The van der Waals surface area contributed by atoms with Crippen molar-refractivity contribution in [3.63, 3.8) is 0 Å². The van der Waals surface area contributed by atoms with E-state index in [0.29, 0.717) is 18.4 Å². The first-order chi connectivity index (χ1) is 10.1. The van der Waals surface area contributed by atoms with Crippen LogP contribution in [0.2, 0.25) is 0 Å². The van der Waals surface area contributed by atoms with E-state index < -0.39 is 6.04 Å². The number of hydrogen-bond donors (Lipinski definition) is 1. The van der Waals surface area contributed by atoms with Crippen molar-refractivity contribution in [1.29, 1.82) is 0 Å². The van der Waals surface area contributed by atoms with Gasteiger partial charge in [0, 0.05) is 18.4 Å². The number of ether oxygens (including phenoxy) is 2. The van der Waals surface area contributed by atoms with Gasteiger partial charge < -0.3 is 9.47 Å². The Labute approximate surface area is 124 Å². The first kappa shape index (κ1) is 13.6. The average Bonchev–Trinajstić information content (AvgIpc) is 2.46. The second-order valence-corrected chi connectivity index (χ2v) is 7.39. The van der Waals surface area contributed by atoms with Gasteiger partial charge in [-0.1, -0.05) is 0 Å². The highest BCUT2D eigenvalue weighted by atomic mass is 16.6. The molecule has 0 radical (unpaired) electrons. The van der Waals surface area contributed by atoms with Crippen LogP contribution in [0.1, 0.15) is 38.5 Å². The molecule has 4 bridgehead atoms. The third-order valence-electron chi connectivity index (χ3n) is 6.32. The van der Waals surface area contributed by atoms with Gasteiger partial charge >= 0.3 is 11.9 Å². The van der Waals surface area contributed by atoms with Crippen molar-refractivity contribution < 1.29 is 19.1 Å². The fraction of sp³-hybridized carbons (Fsp3) is 0.875. The zero-order valence-electron chi connectivity index (χ0n) is 12.5. The maximum atomic E-state index is 12.4. The van der Waals surface area contributed by atoms with Crippen LogP contribution < -0.4 is 5.32 Å². The molecule has 5 fully saturated rings. The Morgan fingerprint density at radius 1 is 1.24 bits per heavy atom. The maximum absolute atomic E-state index is 12.4. The molecule has 0 aromatic rings. The lowest BCUT2D eigenvalue weighted by atomic mass is 9.49. The minimum absolute atomic E-state index is 0.0615. The third kappa shape index (κ3) is 2.00. The standard InChI is InChI=1S/C16H23NO4/c1-20-14(18)7-13-15(19)21-16(8-17-13)11-3-9-2-10(5-11)6-12(16)4-9/h9-13,17H,2-8H2,1H3. The summed E-state index contributed by atoms with van der Waals surface area (Å²) in [6.07, 6.45) is 6.29. The minimum atomic E-state index is -0.541. The van der Waals surface area contributed by atoms with Crippen molar-refractivity contribution in [2.45, 2.75) is 50.2 Å². The van der Waals surface area contributed by atoms with Gasteiger partial charge in [-0.15, -0.1) is 0 Å². The maximum Gasteiger partial charge on any atom is 0.324 e. The largest absolute Gasteiger partial charge is 0.469 e. The van der Waals surface area contributed by atoms with Crippen LogP contribution in [-0.4, -0.2) is 37.2 Å². The van der Waals surface area contributed by atoms with Gasteiger partial charge in [-0.25, -0.2) is 0 Å². The van der Waals surface area contributed by atoms with Crippen LogP contribution in [0.4, 0.5) is 0 Å². The molecule has 1 N–H and O–H groups in total. The monoisotopic (exact) mass is 293 g/mol. The van der Waals surface area contributed by atoms with Gasteiger partial charge in [0.05, 0.1) is 13.5 Å². The Hall–Kier alpha value is -1.10. The van der Waals surface area contributed by atoms with E-state index in [9.17, 15) is 9.59 Å². The molecule has 0 aromatic heterocycles. The first-order valence-electron chi connectivity index (χ1n) is 8.13. The second kappa shape index (κ2) is 4.70.